The summed E-state index contributed by atoms with van der Waals surface area (Å²) in [6.45, 7) is -0.443. The van der Waals surface area contributed by atoms with Gasteiger partial charge in [-0.2, -0.15) is 13.2 Å². The van der Waals surface area contributed by atoms with Crippen LogP contribution in [0.2, 0.25) is 0 Å². The van der Waals surface area contributed by atoms with Gasteiger partial charge in [0.2, 0.25) is 5.91 Å². The Morgan fingerprint density at radius 3 is 2.69 bits per heavy atom. The minimum Gasteiger partial charge on any atom is -0.372 e. The summed E-state index contributed by atoms with van der Waals surface area (Å²) in [5.41, 5.74) is 5.60. The molecule has 1 heterocycles. The van der Waals surface area contributed by atoms with Crippen molar-refractivity contribution in [3.63, 3.8) is 0 Å². The minimum absolute atomic E-state index is 0.0138. The second-order valence-corrected chi connectivity index (χ2v) is 3.81. The molecule has 2 N–H and O–H groups in total. The van der Waals surface area contributed by atoms with Crippen LogP contribution in [-0.2, 0) is 9.53 Å². The molecule has 94 valence electrons. The van der Waals surface area contributed by atoms with E-state index in [1.807, 2.05) is 0 Å². The zero-order chi connectivity index (χ0) is 12.2. The van der Waals surface area contributed by atoms with Crippen molar-refractivity contribution in [3.8, 4) is 0 Å². The Hall–Kier alpha value is -0.820. The van der Waals surface area contributed by atoms with E-state index in [0.717, 1.165) is 6.42 Å². The van der Waals surface area contributed by atoms with Crippen LogP contribution in [0.25, 0.3) is 0 Å². The lowest BCUT2D eigenvalue weighted by Crippen LogP contribution is -2.32. The van der Waals surface area contributed by atoms with Crippen molar-refractivity contribution in [2.24, 2.45) is 5.73 Å². The van der Waals surface area contributed by atoms with E-state index in [-0.39, 0.29) is 25.0 Å². The average molecular weight is 240 g/mol. The average Bonchev–Trinajstić information content (AvgIpc) is 2.57. The van der Waals surface area contributed by atoms with E-state index in [4.69, 9.17) is 5.73 Å². The molecule has 0 aromatic heterocycles. The van der Waals surface area contributed by atoms with Crippen LogP contribution >= 0.6 is 0 Å². The van der Waals surface area contributed by atoms with Crippen molar-refractivity contribution < 1.29 is 22.7 Å². The summed E-state index contributed by atoms with van der Waals surface area (Å²) in [4.78, 5) is 13.0. The van der Waals surface area contributed by atoms with Crippen molar-refractivity contribution in [2.75, 3.05) is 26.3 Å². The quantitative estimate of drug-likeness (QED) is 0.729. The van der Waals surface area contributed by atoms with Gasteiger partial charge in [0.05, 0.1) is 13.0 Å². The molecule has 0 radical (unpaired) electrons. The van der Waals surface area contributed by atoms with Crippen molar-refractivity contribution >= 4 is 5.91 Å². The first-order valence-electron chi connectivity index (χ1n) is 5.06. The SMILES string of the molecule is NC1CCN(C(=O)CCOCC(F)(F)F)C1. The van der Waals surface area contributed by atoms with E-state index < -0.39 is 12.8 Å². The van der Waals surface area contributed by atoms with Crippen LogP contribution in [0.3, 0.4) is 0 Å². The van der Waals surface area contributed by atoms with Gasteiger partial charge in [-0.15, -0.1) is 0 Å². The van der Waals surface area contributed by atoms with Crippen LogP contribution in [0.4, 0.5) is 13.2 Å². The molecule has 1 unspecified atom stereocenters. The van der Waals surface area contributed by atoms with E-state index in [0.29, 0.717) is 13.1 Å². The molecular formula is C9H15F3N2O2. The summed E-state index contributed by atoms with van der Waals surface area (Å²) in [5.74, 6) is -0.199. The summed E-state index contributed by atoms with van der Waals surface area (Å²) >= 11 is 0. The molecule has 0 aromatic carbocycles. The highest BCUT2D eigenvalue weighted by Gasteiger charge is 2.28. The maximum atomic E-state index is 11.7. The maximum Gasteiger partial charge on any atom is 0.411 e. The van der Waals surface area contributed by atoms with Gasteiger partial charge >= 0.3 is 6.18 Å². The summed E-state index contributed by atoms with van der Waals surface area (Å²) in [7, 11) is 0. The van der Waals surface area contributed by atoms with E-state index in [1.54, 1.807) is 4.90 Å². The predicted octanol–water partition coefficient (Wildman–Crippen LogP) is 0.515. The summed E-state index contributed by atoms with van der Waals surface area (Å²) in [6.07, 6.45) is -3.61. The molecule has 0 saturated carbocycles. The van der Waals surface area contributed by atoms with Gasteiger partial charge in [0.15, 0.2) is 0 Å². The first-order valence-corrected chi connectivity index (χ1v) is 5.06. The fraction of sp³-hybridized carbons (Fsp3) is 0.889. The lowest BCUT2D eigenvalue weighted by molar-refractivity contribution is -0.175. The van der Waals surface area contributed by atoms with Gasteiger partial charge in [0, 0.05) is 19.1 Å². The van der Waals surface area contributed by atoms with Gasteiger partial charge < -0.3 is 15.4 Å². The topological polar surface area (TPSA) is 55.6 Å². The molecule has 1 fully saturated rings. The molecule has 1 amide bonds. The smallest absolute Gasteiger partial charge is 0.372 e. The number of hydrogen-bond donors (Lipinski definition) is 1. The minimum atomic E-state index is -4.33. The Kier molecular flexibility index (Phi) is 4.55. The predicted molar refractivity (Wildman–Crippen MR) is 50.7 cm³/mol. The molecule has 4 nitrogen and oxygen atoms in total. The molecule has 0 aromatic rings. The molecular weight excluding hydrogens is 225 g/mol. The van der Waals surface area contributed by atoms with E-state index >= 15 is 0 Å². The number of carbonyl (C=O) groups is 1. The first-order chi connectivity index (χ1) is 7.38. The fourth-order valence-corrected chi connectivity index (χ4v) is 1.52. The number of nitrogens with two attached hydrogens (primary N) is 1. The van der Waals surface area contributed by atoms with Gasteiger partial charge in [-0.25, -0.2) is 0 Å². The molecule has 0 aliphatic carbocycles. The summed E-state index contributed by atoms with van der Waals surface area (Å²) in [6, 6.07) is -0.0138. The van der Waals surface area contributed by atoms with Gasteiger partial charge in [0.1, 0.15) is 6.61 Å². The van der Waals surface area contributed by atoms with Crippen molar-refractivity contribution in [2.45, 2.75) is 25.1 Å². The molecule has 1 saturated heterocycles. The Bertz CT molecular complexity index is 245. The van der Waals surface area contributed by atoms with Crippen LogP contribution in [0, 0.1) is 0 Å². The number of halogens is 3. The second kappa shape index (κ2) is 5.49. The highest BCUT2D eigenvalue weighted by molar-refractivity contribution is 5.76. The second-order valence-electron chi connectivity index (χ2n) is 3.81. The fourth-order valence-electron chi connectivity index (χ4n) is 1.52. The zero-order valence-electron chi connectivity index (χ0n) is 8.79. The number of nitrogens with zero attached hydrogens (tertiary/aromatic N) is 1. The van der Waals surface area contributed by atoms with Crippen molar-refractivity contribution in [1.29, 1.82) is 0 Å². The normalized spacial score (nSPS) is 21.5. The van der Waals surface area contributed by atoms with Crippen LogP contribution in [0.1, 0.15) is 12.8 Å². The van der Waals surface area contributed by atoms with Gasteiger partial charge in [-0.3, -0.25) is 4.79 Å². The standard InChI is InChI=1S/C9H15F3N2O2/c10-9(11,12)6-16-4-2-8(15)14-3-1-7(13)5-14/h7H,1-6,13H2. The van der Waals surface area contributed by atoms with Gasteiger partial charge in [-0.1, -0.05) is 0 Å². The van der Waals surface area contributed by atoms with Crippen molar-refractivity contribution in [3.05, 3.63) is 0 Å². The molecule has 16 heavy (non-hydrogen) atoms. The van der Waals surface area contributed by atoms with Crippen LogP contribution in [0.15, 0.2) is 0 Å². The zero-order valence-corrected chi connectivity index (χ0v) is 8.79. The Labute approximate surface area is 91.5 Å². The number of ether oxygens (including phenoxy) is 1. The third kappa shape index (κ3) is 4.80. The lowest BCUT2D eigenvalue weighted by atomic mass is 10.3. The largest absolute Gasteiger partial charge is 0.411 e. The highest BCUT2D eigenvalue weighted by atomic mass is 19.4. The number of hydrogen-bond acceptors (Lipinski definition) is 3. The van der Waals surface area contributed by atoms with Crippen LogP contribution < -0.4 is 5.73 Å². The van der Waals surface area contributed by atoms with Crippen LogP contribution in [-0.4, -0.2) is 49.3 Å². The Morgan fingerprint density at radius 2 is 2.19 bits per heavy atom. The number of rotatable bonds is 4. The highest BCUT2D eigenvalue weighted by Crippen LogP contribution is 2.14. The third-order valence-corrected chi connectivity index (χ3v) is 2.30. The molecule has 1 aliphatic heterocycles. The number of amides is 1. The van der Waals surface area contributed by atoms with Crippen molar-refractivity contribution in [1.82, 2.24) is 4.90 Å². The number of likely N-dealkylation sites (tertiary alicyclic amines) is 1. The van der Waals surface area contributed by atoms with Gasteiger partial charge in [0.25, 0.3) is 0 Å². The Morgan fingerprint density at radius 1 is 1.50 bits per heavy atom. The molecule has 1 rings (SSSR count). The maximum absolute atomic E-state index is 11.7. The molecule has 7 heteroatoms. The van der Waals surface area contributed by atoms with Crippen LogP contribution in [0.5, 0.6) is 0 Å². The lowest BCUT2D eigenvalue weighted by Gasteiger charge is -2.15. The monoisotopic (exact) mass is 240 g/mol. The molecule has 1 aliphatic rings. The van der Waals surface area contributed by atoms with E-state index in [9.17, 15) is 18.0 Å². The third-order valence-electron chi connectivity index (χ3n) is 2.30. The van der Waals surface area contributed by atoms with Gasteiger partial charge in [-0.05, 0) is 6.42 Å². The summed E-state index contributed by atoms with van der Waals surface area (Å²) in [5, 5.41) is 0. The van der Waals surface area contributed by atoms with E-state index in [1.165, 1.54) is 0 Å². The first kappa shape index (κ1) is 13.2. The van der Waals surface area contributed by atoms with E-state index in [2.05, 4.69) is 4.74 Å². The number of alkyl halides is 3. The molecule has 1 atom stereocenters. The summed E-state index contributed by atoms with van der Waals surface area (Å²) < 4.78 is 39.4. The Balaban J connectivity index is 2.11. The number of carbonyl (C=O) groups excluding carboxylic acids is 1. The molecule has 0 spiro atoms. The molecule has 0 bridgehead atoms.